The molecule has 4 aromatic rings. The minimum atomic E-state index is -3.37. The summed E-state index contributed by atoms with van der Waals surface area (Å²) in [7, 11) is -3.37. The van der Waals surface area contributed by atoms with Gasteiger partial charge in [-0.3, -0.25) is 9.71 Å². The Hall–Kier alpha value is -3.52. The van der Waals surface area contributed by atoms with Gasteiger partial charge in [-0.05, 0) is 57.0 Å². The number of nitrogens with zero attached hydrogens (tertiary/aromatic N) is 4. The molecule has 0 radical (unpaired) electrons. The van der Waals surface area contributed by atoms with E-state index in [1.165, 1.54) is 0 Å². The number of hydrogen-bond donors (Lipinski definition) is 1. The second-order valence-electron chi connectivity index (χ2n) is 9.86. The van der Waals surface area contributed by atoms with Crippen molar-refractivity contribution in [2.24, 2.45) is 0 Å². The van der Waals surface area contributed by atoms with Crippen molar-refractivity contribution in [2.75, 3.05) is 10.5 Å². The Morgan fingerprint density at radius 2 is 1.89 bits per heavy atom. The van der Waals surface area contributed by atoms with Crippen LogP contribution in [-0.2, 0) is 22.0 Å². The molecule has 0 aliphatic heterocycles. The van der Waals surface area contributed by atoms with Gasteiger partial charge < -0.3 is 4.57 Å². The lowest BCUT2D eigenvalue weighted by Gasteiger charge is -2.22. The summed E-state index contributed by atoms with van der Waals surface area (Å²) in [6.45, 7) is 8.34. The lowest BCUT2D eigenvalue weighted by Crippen LogP contribution is -2.20. The molecular weight excluding hydrogens is 458 g/mol. The van der Waals surface area contributed by atoms with E-state index in [0.29, 0.717) is 17.8 Å². The second kappa shape index (κ2) is 8.61. The first-order chi connectivity index (χ1) is 16.6. The summed E-state index contributed by atoms with van der Waals surface area (Å²) in [5, 5.41) is 0. The maximum atomic E-state index is 12.2. The first kappa shape index (κ1) is 23.2. The third-order valence-electron chi connectivity index (χ3n) is 6.09. The minimum absolute atomic E-state index is 0.0774. The SMILES string of the molecule is CCCS(=O)(=O)Nc1cccc(-c2cnc3c(n2)C(c2ccc4ncn(C(C)(C)C)c4c2)=CC3)c1. The fourth-order valence-electron chi connectivity index (χ4n) is 4.42. The zero-order valence-corrected chi connectivity index (χ0v) is 21.2. The van der Waals surface area contributed by atoms with Crippen molar-refractivity contribution in [3.63, 3.8) is 0 Å². The molecule has 1 aliphatic carbocycles. The molecule has 1 aliphatic rings. The van der Waals surface area contributed by atoms with Crippen LogP contribution in [0.3, 0.4) is 0 Å². The van der Waals surface area contributed by atoms with E-state index in [9.17, 15) is 8.42 Å². The molecule has 0 bridgehead atoms. The van der Waals surface area contributed by atoms with Gasteiger partial charge in [0.05, 0.1) is 46.4 Å². The van der Waals surface area contributed by atoms with Crippen LogP contribution in [0.15, 0.2) is 61.1 Å². The molecule has 5 rings (SSSR count). The summed E-state index contributed by atoms with van der Waals surface area (Å²) >= 11 is 0. The summed E-state index contributed by atoms with van der Waals surface area (Å²) in [6.07, 6.45) is 7.11. The Morgan fingerprint density at radius 3 is 2.66 bits per heavy atom. The fraction of sp³-hybridized carbons (Fsp3) is 0.296. The van der Waals surface area contributed by atoms with Crippen LogP contribution >= 0.6 is 0 Å². The van der Waals surface area contributed by atoms with E-state index >= 15 is 0 Å². The molecule has 0 amide bonds. The zero-order chi connectivity index (χ0) is 24.8. The third kappa shape index (κ3) is 4.58. The van der Waals surface area contributed by atoms with Crippen LogP contribution in [0.5, 0.6) is 0 Å². The van der Waals surface area contributed by atoms with Crippen LogP contribution < -0.4 is 4.72 Å². The molecule has 0 saturated carbocycles. The number of allylic oxidation sites excluding steroid dienone is 1. The van der Waals surface area contributed by atoms with E-state index in [1.54, 1.807) is 18.3 Å². The summed E-state index contributed by atoms with van der Waals surface area (Å²) < 4.78 is 29.3. The summed E-state index contributed by atoms with van der Waals surface area (Å²) in [4.78, 5) is 14.2. The van der Waals surface area contributed by atoms with Gasteiger partial charge in [-0.15, -0.1) is 0 Å². The van der Waals surface area contributed by atoms with Crippen LogP contribution in [0.2, 0.25) is 0 Å². The number of nitrogens with one attached hydrogen (secondary N) is 1. The molecule has 0 fully saturated rings. The molecular formula is C27H29N5O2S. The van der Waals surface area contributed by atoms with Crippen molar-refractivity contribution in [1.82, 2.24) is 19.5 Å². The van der Waals surface area contributed by atoms with Crippen molar-refractivity contribution in [2.45, 2.75) is 46.1 Å². The largest absolute Gasteiger partial charge is 0.325 e. The summed E-state index contributed by atoms with van der Waals surface area (Å²) in [5.41, 5.74) is 7.94. The number of anilines is 1. The Labute approximate surface area is 206 Å². The van der Waals surface area contributed by atoms with Crippen molar-refractivity contribution < 1.29 is 8.42 Å². The number of fused-ring (bicyclic) bond motifs is 2. The van der Waals surface area contributed by atoms with Gasteiger partial charge in [0.15, 0.2) is 0 Å². The number of imidazole rings is 1. The van der Waals surface area contributed by atoms with Gasteiger partial charge in [-0.25, -0.2) is 18.4 Å². The average Bonchev–Trinajstić information content (AvgIpc) is 3.42. The molecule has 7 nitrogen and oxygen atoms in total. The summed E-state index contributed by atoms with van der Waals surface area (Å²) in [6, 6.07) is 13.6. The number of aromatic nitrogens is 4. The predicted octanol–water partition coefficient (Wildman–Crippen LogP) is 5.39. The first-order valence-electron chi connectivity index (χ1n) is 11.8. The molecule has 8 heteroatoms. The molecule has 180 valence electrons. The van der Waals surface area contributed by atoms with E-state index in [2.05, 4.69) is 64.3 Å². The maximum absolute atomic E-state index is 12.2. The first-order valence-corrected chi connectivity index (χ1v) is 13.5. The Balaban J connectivity index is 1.51. The number of hydrogen-bond acceptors (Lipinski definition) is 5. The van der Waals surface area contributed by atoms with E-state index in [-0.39, 0.29) is 11.3 Å². The van der Waals surface area contributed by atoms with Crippen LogP contribution in [0.4, 0.5) is 5.69 Å². The Morgan fingerprint density at radius 1 is 1.06 bits per heavy atom. The normalized spacial score (nSPS) is 13.7. The van der Waals surface area contributed by atoms with E-state index in [1.807, 2.05) is 25.4 Å². The monoisotopic (exact) mass is 487 g/mol. The molecule has 35 heavy (non-hydrogen) atoms. The highest BCUT2D eigenvalue weighted by atomic mass is 32.2. The molecule has 0 saturated heterocycles. The van der Waals surface area contributed by atoms with E-state index in [4.69, 9.17) is 4.98 Å². The standard InChI is InChI=1S/C27H29N5O2S/c1-5-13-35(33,34)31-20-8-6-7-19(14-20)24-16-28-23-12-10-21(26(23)30-24)18-9-11-22-25(15-18)32(17-29-22)27(2,3)4/h6-11,14-17,31H,5,12-13H2,1-4H3. The predicted molar refractivity (Wildman–Crippen MR) is 141 cm³/mol. The third-order valence-corrected chi connectivity index (χ3v) is 7.58. The van der Waals surface area contributed by atoms with Crippen LogP contribution in [0.25, 0.3) is 27.9 Å². The van der Waals surface area contributed by atoms with Gasteiger partial charge in [0.25, 0.3) is 0 Å². The van der Waals surface area contributed by atoms with Gasteiger partial charge in [-0.1, -0.05) is 31.2 Å². The van der Waals surface area contributed by atoms with Crippen LogP contribution in [-0.4, -0.2) is 33.7 Å². The van der Waals surface area contributed by atoms with E-state index < -0.39 is 10.0 Å². The van der Waals surface area contributed by atoms with Gasteiger partial charge in [0.2, 0.25) is 10.0 Å². The maximum Gasteiger partial charge on any atom is 0.232 e. The molecule has 2 heterocycles. The molecule has 1 N–H and O–H groups in total. The van der Waals surface area contributed by atoms with Gasteiger partial charge in [-0.2, -0.15) is 0 Å². The number of benzene rings is 2. The second-order valence-corrected chi connectivity index (χ2v) is 11.7. The number of rotatable bonds is 6. The lowest BCUT2D eigenvalue weighted by atomic mass is 10.0. The van der Waals surface area contributed by atoms with Crippen LogP contribution in [0, 0.1) is 0 Å². The average molecular weight is 488 g/mol. The van der Waals surface area contributed by atoms with Crippen molar-refractivity contribution in [1.29, 1.82) is 0 Å². The topological polar surface area (TPSA) is 89.8 Å². The minimum Gasteiger partial charge on any atom is -0.325 e. The van der Waals surface area contributed by atoms with Crippen LogP contribution in [0.1, 0.15) is 51.1 Å². The molecule has 2 aromatic heterocycles. The fourth-order valence-corrected chi connectivity index (χ4v) is 5.54. The van der Waals surface area contributed by atoms with Crippen molar-refractivity contribution in [3.05, 3.63) is 78.0 Å². The lowest BCUT2D eigenvalue weighted by molar-refractivity contribution is 0.408. The van der Waals surface area contributed by atoms with Gasteiger partial charge in [0, 0.05) is 28.8 Å². The molecule has 0 unspecified atom stereocenters. The quantitative estimate of drug-likeness (QED) is 0.394. The van der Waals surface area contributed by atoms with Gasteiger partial charge >= 0.3 is 0 Å². The smallest absolute Gasteiger partial charge is 0.232 e. The summed E-state index contributed by atoms with van der Waals surface area (Å²) in [5.74, 6) is 0.0858. The highest BCUT2D eigenvalue weighted by Gasteiger charge is 2.22. The molecule has 0 atom stereocenters. The Bertz CT molecular complexity index is 1560. The number of sulfonamides is 1. The van der Waals surface area contributed by atoms with E-state index in [0.717, 1.165) is 45.5 Å². The van der Waals surface area contributed by atoms with Gasteiger partial charge in [0.1, 0.15) is 0 Å². The molecule has 0 spiro atoms. The Kier molecular flexibility index (Phi) is 5.71. The molecule has 2 aromatic carbocycles. The zero-order valence-electron chi connectivity index (χ0n) is 20.4. The highest BCUT2D eigenvalue weighted by Crippen LogP contribution is 2.34. The van der Waals surface area contributed by atoms with Crippen molar-refractivity contribution >= 4 is 32.3 Å². The highest BCUT2D eigenvalue weighted by molar-refractivity contribution is 7.92. The van der Waals surface area contributed by atoms with Crippen molar-refractivity contribution in [3.8, 4) is 11.3 Å².